The summed E-state index contributed by atoms with van der Waals surface area (Å²) in [5, 5.41) is 2.68. The third-order valence-electron chi connectivity index (χ3n) is 4.47. The van der Waals surface area contributed by atoms with Crippen LogP contribution in [0.25, 0.3) is 6.08 Å². The number of anilines is 1. The quantitative estimate of drug-likeness (QED) is 0.287. The summed E-state index contributed by atoms with van der Waals surface area (Å²) in [6.07, 6.45) is 1.53. The Bertz CT molecular complexity index is 1060. The van der Waals surface area contributed by atoms with Crippen LogP contribution in [0.1, 0.15) is 16.7 Å². The zero-order chi connectivity index (χ0) is 21.3. The summed E-state index contributed by atoms with van der Waals surface area (Å²) in [7, 11) is 3.09. The number of ether oxygens (including phenoxy) is 2. The first-order chi connectivity index (χ1) is 13.8. The molecule has 8 heteroatoms. The predicted octanol–water partition coefficient (Wildman–Crippen LogP) is 3.76. The van der Waals surface area contributed by atoms with Crippen LogP contribution in [0.2, 0.25) is 0 Å². The summed E-state index contributed by atoms with van der Waals surface area (Å²) < 4.78 is 11.5. The zero-order valence-electron chi connectivity index (χ0n) is 16.3. The average Bonchev–Trinajstić information content (AvgIpc) is 2.67. The van der Waals surface area contributed by atoms with Crippen molar-refractivity contribution in [3.8, 4) is 11.5 Å². The predicted molar refractivity (Wildman–Crippen MR) is 124 cm³/mol. The normalized spacial score (nSPS) is 15.6. The molecule has 29 heavy (non-hydrogen) atoms. The molecule has 0 spiro atoms. The third kappa shape index (κ3) is 4.13. The van der Waals surface area contributed by atoms with Gasteiger partial charge in [-0.1, -0.05) is 12.1 Å². The van der Waals surface area contributed by atoms with Crippen molar-refractivity contribution in [1.82, 2.24) is 5.32 Å². The highest BCUT2D eigenvalue weighted by molar-refractivity contribution is 14.1. The molecule has 1 fully saturated rings. The molecule has 0 unspecified atom stereocenters. The van der Waals surface area contributed by atoms with E-state index in [1.54, 1.807) is 13.2 Å². The summed E-state index contributed by atoms with van der Waals surface area (Å²) in [5.41, 5.74) is 3.13. The zero-order valence-corrected chi connectivity index (χ0v) is 19.3. The lowest BCUT2D eigenvalue weighted by atomic mass is 10.0. The Morgan fingerprint density at radius 2 is 1.83 bits per heavy atom. The molecule has 2 aromatic carbocycles. The van der Waals surface area contributed by atoms with E-state index in [0.29, 0.717) is 22.7 Å². The van der Waals surface area contributed by atoms with E-state index in [-0.39, 0.29) is 10.7 Å². The van der Waals surface area contributed by atoms with E-state index >= 15 is 0 Å². The molecule has 0 aliphatic carbocycles. The molecule has 1 heterocycles. The fourth-order valence-corrected chi connectivity index (χ4v) is 4.14. The number of thiocarbonyl (C=S) groups is 1. The summed E-state index contributed by atoms with van der Waals surface area (Å²) in [6.45, 7) is 3.82. The molecule has 1 N–H and O–H groups in total. The van der Waals surface area contributed by atoms with Crippen molar-refractivity contribution < 1.29 is 19.1 Å². The Kier molecular flexibility index (Phi) is 6.23. The minimum atomic E-state index is -0.536. The van der Waals surface area contributed by atoms with Gasteiger partial charge >= 0.3 is 0 Å². The fourth-order valence-electron chi connectivity index (χ4n) is 3.02. The van der Waals surface area contributed by atoms with Gasteiger partial charge in [0.1, 0.15) is 5.57 Å². The van der Waals surface area contributed by atoms with Crippen LogP contribution in [0.5, 0.6) is 11.5 Å². The van der Waals surface area contributed by atoms with Gasteiger partial charge < -0.3 is 9.47 Å². The van der Waals surface area contributed by atoms with Gasteiger partial charge in [0.25, 0.3) is 11.8 Å². The number of rotatable bonds is 4. The lowest BCUT2D eigenvalue weighted by molar-refractivity contribution is -0.122. The van der Waals surface area contributed by atoms with Gasteiger partial charge in [0, 0.05) is 0 Å². The first-order valence-electron chi connectivity index (χ1n) is 8.67. The van der Waals surface area contributed by atoms with Crippen LogP contribution in [-0.2, 0) is 9.59 Å². The molecule has 1 aliphatic rings. The van der Waals surface area contributed by atoms with Crippen molar-refractivity contribution in [3.05, 3.63) is 56.2 Å². The van der Waals surface area contributed by atoms with Crippen LogP contribution in [0.3, 0.4) is 0 Å². The van der Waals surface area contributed by atoms with E-state index in [2.05, 4.69) is 27.9 Å². The van der Waals surface area contributed by atoms with Crippen LogP contribution in [0.15, 0.2) is 35.9 Å². The number of nitrogens with zero attached hydrogens (tertiary/aromatic N) is 1. The largest absolute Gasteiger partial charge is 0.493 e. The maximum atomic E-state index is 13.2. The molecule has 0 radical (unpaired) electrons. The smallest absolute Gasteiger partial charge is 0.270 e. The van der Waals surface area contributed by atoms with E-state index in [1.807, 2.05) is 38.1 Å². The van der Waals surface area contributed by atoms with E-state index in [1.165, 1.54) is 18.1 Å². The van der Waals surface area contributed by atoms with Gasteiger partial charge in [-0.25, -0.2) is 0 Å². The Hall–Kier alpha value is -2.46. The molecule has 2 aromatic rings. The summed E-state index contributed by atoms with van der Waals surface area (Å²) in [4.78, 5) is 27.1. The minimum Gasteiger partial charge on any atom is -0.493 e. The van der Waals surface area contributed by atoms with Gasteiger partial charge in [0.2, 0.25) is 0 Å². The molecule has 1 saturated heterocycles. The van der Waals surface area contributed by atoms with E-state index in [9.17, 15) is 9.59 Å². The molecule has 2 amide bonds. The van der Waals surface area contributed by atoms with Crippen molar-refractivity contribution in [2.75, 3.05) is 19.1 Å². The van der Waals surface area contributed by atoms with Crippen LogP contribution in [0.4, 0.5) is 5.69 Å². The molecule has 1 aliphatic heterocycles. The third-order valence-corrected chi connectivity index (χ3v) is 5.56. The highest BCUT2D eigenvalue weighted by Gasteiger charge is 2.35. The van der Waals surface area contributed by atoms with Gasteiger partial charge in [-0.15, -0.1) is 0 Å². The number of carbonyl (C=O) groups excluding carboxylic acids is 2. The summed E-state index contributed by atoms with van der Waals surface area (Å²) >= 11 is 7.40. The number of hydrogen-bond donors (Lipinski definition) is 1. The maximum Gasteiger partial charge on any atom is 0.270 e. The number of aryl methyl sites for hydroxylation is 2. The molecular weight excluding hydrogens is 503 g/mol. The van der Waals surface area contributed by atoms with Crippen LogP contribution < -0.4 is 19.7 Å². The van der Waals surface area contributed by atoms with Gasteiger partial charge in [-0.3, -0.25) is 19.8 Å². The second kappa shape index (κ2) is 8.50. The Labute approximate surface area is 188 Å². The summed E-state index contributed by atoms with van der Waals surface area (Å²) in [5.74, 6) is 0.0910. The number of halogens is 1. The molecule has 150 valence electrons. The molecule has 6 nitrogen and oxygen atoms in total. The number of methoxy groups -OCH3 is 2. The van der Waals surface area contributed by atoms with E-state index in [0.717, 1.165) is 14.7 Å². The number of amides is 2. The number of carbonyl (C=O) groups is 2. The summed E-state index contributed by atoms with van der Waals surface area (Å²) in [6, 6.07) is 9.26. The average molecular weight is 522 g/mol. The topological polar surface area (TPSA) is 67.9 Å². The van der Waals surface area contributed by atoms with Gasteiger partial charge in [-0.05, 0) is 89.6 Å². The Morgan fingerprint density at radius 3 is 2.48 bits per heavy atom. The van der Waals surface area contributed by atoms with Gasteiger partial charge in [0.05, 0.1) is 23.5 Å². The van der Waals surface area contributed by atoms with Crippen molar-refractivity contribution in [3.63, 3.8) is 0 Å². The highest BCUT2D eigenvalue weighted by Crippen LogP contribution is 2.34. The number of benzene rings is 2. The monoisotopic (exact) mass is 522 g/mol. The van der Waals surface area contributed by atoms with Crippen molar-refractivity contribution in [2.45, 2.75) is 13.8 Å². The molecule has 0 saturated carbocycles. The highest BCUT2D eigenvalue weighted by atomic mass is 127. The van der Waals surface area contributed by atoms with Gasteiger partial charge in [-0.2, -0.15) is 0 Å². The molecular formula is C21H19IN2O4S. The molecule has 0 bridgehead atoms. The first-order valence-corrected chi connectivity index (χ1v) is 10.2. The Morgan fingerprint density at radius 1 is 1.10 bits per heavy atom. The van der Waals surface area contributed by atoms with Crippen LogP contribution in [0, 0.1) is 17.4 Å². The van der Waals surface area contributed by atoms with Gasteiger partial charge in [0.15, 0.2) is 16.6 Å². The lowest BCUT2D eigenvalue weighted by Crippen LogP contribution is -2.54. The van der Waals surface area contributed by atoms with Crippen LogP contribution >= 0.6 is 34.8 Å². The fraction of sp³-hybridized carbons (Fsp3) is 0.190. The van der Waals surface area contributed by atoms with Crippen molar-refractivity contribution in [1.29, 1.82) is 0 Å². The van der Waals surface area contributed by atoms with E-state index in [4.69, 9.17) is 21.7 Å². The SMILES string of the molecule is COc1cc(/C=C2\C(=O)NC(=S)N(c3cc(C)ccc3C)C2=O)cc(I)c1OC. The molecule has 3 rings (SSSR count). The Balaban J connectivity index is 2.09. The number of hydrogen-bond acceptors (Lipinski definition) is 5. The molecule has 0 aromatic heterocycles. The van der Waals surface area contributed by atoms with Crippen molar-refractivity contribution in [2.24, 2.45) is 0 Å². The van der Waals surface area contributed by atoms with Crippen molar-refractivity contribution >= 4 is 63.5 Å². The first kappa shape index (κ1) is 21.3. The molecule has 0 atom stereocenters. The van der Waals surface area contributed by atoms with Crippen LogP contribution in [-0.4, -0.2) is 31.1 Å². The van der Waals surface area contributed by atoms with E-state index < -0.39 is 11.8 Å². The maximum absolute atomic E-state index is 13.2. The number of nitrogens with one attached hydrogen (secondary N) is 1. The second-order valence-electron chi connectivity index (χ2n) is 6.49. The standard InChI is InChI=1S/C21H19IN2O4S/c1-11-5-6-12(2)16(7-11)24-20(26)14(19(25)23-21(24)29)8-13-9-15(22)18(28-4)17(10-13)27-3/h5-10H,1-4H3,(H,23,25,29)/b14-8+. The lowest BCUT2D eigenvalue weighted by Gasteiger charge is -2.30. The minimum absolute atomic E-state index is 0.0115. The second-order valence-corrected chi connectivity index (χ2v) is 8.03.